The molecule has 20 heavy (non-hydrogen) atoms. The molecule has 1 heterocycles. The number of nitrogens with zero attached hydrogens (tertiary/aromatic N) is 3. The van der Waals surface area contributed by atoms with Crippen LogP contribution in [0.5, 0.6) is 0 Å². The molecule has 0 spiro atoms. The van der Waals surface area contributed by atoms with Crippen LogP contribution in [0.2, 0.25) is 0 Å². The van der Waals surface area contributed by atoms with Gasteiger partial charge in [0.15, 0.2) is 5.82 Å². The highest BCUT2D eigenvalue weighted by molar-refractivity contribution is 7.88. The molecule has 1 unspecified atom stereocenters. The monoisotopic (exact) mass is 302 g/mol. The van der Waals surface area contributed by atoms with Gasteiger partial charge < -0.3 is 5.11 Å². The fourth-order valence-electron chi connectivity index (χ4n) is 2.68. The third-order valence-electron chi connectivity index (χ3n) is 3.53. The lowest BCUT2D eigenvalue weighted by Gasteiger charge is -2.12. The minimum absolute atomic E-state index is 0.0495. The summed E-state index contributed by atoms with van der Waals surface area (Å²) in [6.45, 7) is 2.01. The van der Waals surface area contributed by atoms with Crippen LogP contribution in [0.3, 0.4) is 0 Å². The van der Waals surface area contributed by atoms with Crippen molar-refractivity contribution >= 4 is 10.0 Å². The first kappa shape index (κ1) is 15.4. The molecule has 1 atom stereocenters. The molecular weight excluding hydrogens is 280 g/mol. The normalized spacial score (nSPS) is 18.6. The van der Waals surface area contributed by atoms with Crippen molar-refractivity contribution in [1.29, 1.82) is 0 Å². The second-order valence-electron chi connectivity index (χ2n) is 5.37. The Balaban J connectivity index is 2.25. The molecule has 1 aliphatic rings. The zero-order valence-electron chi connectivity index (χ0n) is 11.9. The van der Waals surface area contributed by atoms with Crippen LogP contribution >= 0.6 is 0 Å². The topological polar surface area (TPSA) is 97.1 Å². The van der Waals surface area contributed by atoms with Gasteiger partial charge in [-0.05, 0) is 19.8 Å². The molecule has 1 saturated carbocycles. The van der Waals surface area contributed by atoms with Gasteiger partial charge in [0.2, 0.25) is 10.0 Å². The Hall–Kier alpha value is -0.990. The minimum Gasteiger partial charge on any atom is -0.394 e. The lowest BCUT2D eigenvalue weighted by Crippen LogP contribution is -2.28. The summed E-state index contributed by atoms with van der Waals surface area (Å²) in [6, 6.07) is -0.459. The Morgan fingerprint density at radius 2 is 2.10 bits per heavy atom. The second-order valence-corrected chi connectivity index (χ2v) is 7.15. The first-order valence-electron chi connectivity index (χ1n) is 6.93. The van der Waals surface area contributed by atoms with Crippen molar-refractivity contribution in [2.75, 3.05) is 12.9 Å². The van der Waals surface area contributed by atoms with Crippen molar-refractivity contribution in [2.45, 2.75) is 51.1 Å². The summed E-state index contributed by atoms with van der Waals surface area (Å²) >= 11 is 0. The van der Waals surface area contributed by atoms with Crippen molar-refractivity contribution in [3.05, 3.63) is 11.6 Å². The number of hydrogen-bond acceptors (Lipinski definition) is 5. The van der Waals surface area contributed by atoms with Crippen LogP contribution in [0, 0.1) is 0 Å². The summed E-state index contributed by atoms with van der Waals surface area (Å²) in [6.07, 6.45) is 5.65. The van der Waals surface area contributed by atoms with Crippen LogP contribution in [-0.4, -0.2) is 41.2 Å². The van der Waals surface area contributed by atoms with E-state index in [1.807, 2.05) is 0 Å². The van der Waals surface area contributed by atoms with E-state index in [4.69, 9.17) is 5.11 Å². The van der Waals surface area contributed by atoms with Gasteiger partial charge in [0.1, 0.15) is 5.82 Å². The fourth-order valence-corrected chi connectivity index (χ4v) is 3.43. The zero-order valence-corrected chi connectivity index (χ0v) is 12.7. The number of sulfonamides is 1. The Bertz CT molecular complexity index is 549. The molecular formula is C12H22N4O3S. The number of rotatable bonds is 6. The largest absolute Gasteiger partial charge is 0.394 e. The van der Waals surface area contributed by atoms with Crippen LogP contribution in [-0.2, 0) is 16.6 Å². The van der Waals surface area contributed by atoms with Crippen LogP contribution in [0.1, 0.15) is 56.2 Å². The zero-order chi connectivity index (χ0) is 14.8. The lowest BCUT2D eigenvalue weighted by molar-refractivity contribution is 0.265. The van der Waals surface area contributed by atoms with Crippen molar-refractivity contribution < 1.29 is 13.5 Å². The van der Waals surface area contributed by atoms with Crippen molar-refractivity contribution in [1.82, 2.24) is 19.5 Å². The average Bonchev–Trinajstić information content (AvgIpc) is 2.94. The maximum absolute atomic E-state index is 11.3. The van der Waals surface area contributed by atoms with E-state index in [0.29, 0.717) is 18.3 Å². The Morgan fingerprint density at radius 3 is 2.65 bits per heavy atom. The molecule has 1 aliphatic carbocycles. The smallest absolute Gasteiger partial charge is 0.209 e. The van der Waals surface area contributed by atoms with E-state index in [9.17, 15) is 8.42 Å². The molecule has 0 amide bonds. The minimum atomic E-state index is -3.31. The quantitative estimate of drug-likeness (QED) is 0.799. The van der Waals surface area contributed by atoms with E-state index >= 15 is 0 Å². The molecule has 0 bridgehead atoms. The number of nitrogens with one attached hydrogen (secondary N) is 1. The van der Waals surface area contributed by atoms with Crippen LogP contribution in [0.15, 0.2) is 0 Å². The molecule has 0 saturated heterocycles. The molecule has 0 radical (unpaired) electrons. The molecule has 0 aromatic carbocycles. The number of aliphatic hydroxyl groups excluding tert-OH is 1. The molecule has 1 aromatic heterocycles. The Morgan fingerprint density at radius 1 is 1.45 bits per heavy atom. The Labute approximate surface area is 119 Å². The molecule has 7 nitrogen and oxygen atoms in total. The summed E-state index contributed by atoms with van der Waals surface area (Å²) in [5.41, 5.74) is 0. The van der Waals surface area contributed by atoms with Gasteiger partial charge in [0, 0.05) is 5.92 Å². The van der Waals surface area contributed by atoms with E-state index in [0.717, 1.165) is 24.9 Å². The van der Waals surface area contributed by atoms with Crippen molar-refractivity contribution in [3.8, 4) is 0 Å². The van der Waals surface area contributed by atoms with E-state index in [1.165, 1.54) is 12.8 Å². The highest BCUT2D eigenvalue weighted by atomic mass is 32.2. The standard InChI is InChI=1S/C12H22N4O3S/c1-9(15-20(2,18)19)12-13-11(10-5-3-4-6-10)14-16(12)7-8-17/h9-10,15,17H,3-8H2,1-2H3. The van der Waals surface area contributed by atoms with Gasteiger partial charge in [-0.1, -0.05) is 12.8 Å². The van der Waals surface area contributed by atoms with E-state index < -0.39 is 16.1 Å². The third kappa shape index (κ3) is 3.77. The second kappa shape index (κ2) is 6.19. The summed E-state index contributed by atoms with van der Waals surface area (Å²) < 4.78 is 26.8. The summed E-state index contributed by atoms with van der Waals surface area (Å²) in [5.74, 6) is 1.69. The fraction of sp³-hybridized carbons (Fsp3) is 0.833. The van der Waals surface area contributed by atoms with Gasteiger partial charge in [-0.2, -0.15) is 5.10 Å². The SMILES string of the molecule is CC(NS(C)(=O)=O)c1nc(C2CCCC2)nn1CCO. The van der Waals surface area contributed by atoms with E-state index in [1.54, 1.807) is 11.6 Å². The van der Waals surface area contributed by atoms with Gasteiger partial charge in [0.25, 0.3) is 0 Å². The van der Waals surface area contributed by atoms with E-state index in [2.05, 4.69) is 14.8 Å². The highest BCUT2D eigenvalue weighted by Crippen LogP contribution is 2.32. The lowest BCUT2D eigenvalue weighted by atomic mass is 10.1. The summed E-state index contributed by atoms with van der Waals surface area (Å²) in [7, 11) is -3.31. The van der Waals surface area contributed by atoms with Gasteiger partial charge in [0.05, 0.1) is 25.4 Å². The average molecular weight is 302 g/mol. The predicted octanol–water partition coefficient (Wildman–Crippen LogP) is 0.538. The van der Waals surface area contributed by atoms with E-state index in [-0.39, 0.29) is 6.61 Å². The molecule has 2 N–H and O–H groups in total. The van der Waals surface area contributed by atoms with Crippen molar-refractivity contribution in [2.24, 2.45) is 0 Å². The Kier molecular flexibility index (Phi) is 4.77. The van der Waals surface area contributed by atoms with Crippen LogP contribution in [0.4, 0.5) is 0 Å². The van der Waals surface area contributed by atoms with Gasteiger partial charge >= 0.3 is 0 Å². The van der Waals surface area contributed by atoms with Gasteiger partial charge in [-0.25, -0.2) is 22.8 Å². The molecule has 2 rings (SSSR count). The first-order valence-corrected chi connectivity index (χ1v) is 8.82. The summed E-state index contributed by atoms with van der Waals surface area (Å²) in [5, 5.41) is 13.5. The molecule has 8 heteroatoms. The maximum atomic E-state index is 11.3. The predicted molar refractivity (Wildman–Crippen MR) is 74.7 cm³/mol. The molecule has 114 valence electrons. The maximum Gasteiger partial charge on any atom is 0.209 e. The number of aromatic nitrogens is 3. The molecule has 1 aromatic rings. The van der Waals surface area contributed by atoms with Crippen molar-refractivity contribution in [3.63, 3.8) is 0 Å². The number of hydrogen-bond donors (Lipinski definition) is 2. The van der Waals surface area contributed by atoms with Gasteiger partial charge in [-0.15, -0.1) is 0 Å². The van der Waals surface area contributed by atoms with Gasteiger partial charge in [-0.3, -0.25) is 0 Å². The molecule has 0 aliphatic heterocycles. The first-order chi connectivity index (χ1) is 9.40. The van der Waals surface area contributed by atoms with Crippen LogP contribution in [0.25, 0.3) is 0 Å². The third-order valence-corrected chi connectivity index (χ3v) is 4.31. The highest BCUT2D eigenvalue weighted by Gasteiger charge is 2.25. The summed E-state index contributed by atoms with van der Waals surface area (Å²) in [4.78, 5) is 4.51. The molecule has 1 fully saturated rings. The number of aliphatic hydroxyl groups is 1. The van der Waals surface area contributed by atoms with Crippen LogP contribution < -0.4 is 4.72 Å².